The van der Waals surface area contributed by atoms with Crippen LogP contribution in [0.2, 0.25) is 5.02 Å². The number of carbonyl (C=O) groups is 1. The van der Waals surface area contributed by atoms with E-state index in [-0.39, 0.29) is 17.4 Å². The fraction of sp³-hybridized carbons (Fsp3) is 0.320. The van der Waals surface area contributed by atoms with Crippen LogP contribution < -0.4 is 25.2 Å². The molecule has 0 radical (unpaired) electrons. The van der Waals surface area contributed by atoms with E-state index in [2.05, 4.69) is 10.4 Å². The molecule has 0 saturated carbocycles. The minimum absolute atomic E-state index is 0.0225. The van der Waals surface area contributed by atoms with E-state index in [1.807, 2.05) is 17.0 Å². The van der Waals surface area contributed by atoms with Gasteiger partial charge in [-0.15, -0.1) is 5.10 Å². The van der Waals surface area contributed by atoms with Crippen LogP contribution in [0, 0.1) is 5.92 Å². The Bertz CT molecular complexity index is 1230. The smallest absolute Gasteiger partial charge is 0.271 e. The summed E-state index contributed by atoms with van der Waals surface area (Å²) in [6.07, 6.45) is 1.64. The van der Waals surface area contributed by atoms with Crippen LogP contribution in [0.15, 0.2) is 59.4 Å². The molecule has 178 valence electrons. The lowest BCUT2D eigenvalue weighted by atomic mass is 9.97. The number of aromatic nitrogens is 2. The molecule has 1 amide bonds. The normalized spacial score (nSPS) is 15.6. The number of nitrogens with zero attached hydrogens (tertiary/aromatic N) is 3. The predicted octanol–water partition coefficient (Wildman–Crippen LogP) is 3.44. The SMILES string of the molecule is COc1ccc(CNC(=O)[C@H]2CCCN(c3ccc(=O)n(-c4cccc(Cl)c4)n3)C2)c(OC)c1. The number of ether oxygens (including phenoxy) is 2. The van der Waals surface area contributed by atoms with E-state index in [0.29, 0.717) is 41.1 Å². The molecule has 8 nitrogen and oxygen atoms in total. The van der Waals surface area contributed by atoms with Gasteiger partial charge in [-0.05, 0) is 49.2 Å². The minimum Gasteiger partial charge on any atom is -0.497 e. The third-order valence-corrected chi connectivity index (χ3v) is 6.14. The standard InChI is InChI=1S/C25H27ClN4O4/c1-33-21-9-8-17(22(14-21)34-2)15-27-25(32)18-5-4-12-29(16-18)23-10-11-24(31)30(28-23)20-7-3-6-19(26)13-20/h3,6-11,13-14,18H,4-5,12,15-16H2,1-2H3,(H,27,32)/t18-/m0/s1. The molecule has 1 saturated heterocycles. The number of benzene rings is 2. The number of rotatable bonds is 7. The van der Waals surface area contributed by atoms with Gasteiger partial charge in [0.15, 0.2) is 0 Å². The summed E-state index contributed by atoms with van der Waals surface area (Å²) in [4.78, 5) is 27.4. The maximum atomic E-state index is 13.0. The first-order valence-corrected chi connectivity index (χ1v) is 11.5. The average Bonchev–Trinajstić information content (AvgIpc) is 2.87. The largest absolute Gasteiger partial charge is 0.497 e. The molecule has 1 atom stereocenters. The highest BCUT2D eigenvalue weighted by Gasteiger charge is 2.27. The number of anilines is 1. The number of amides is 1. The highest BCUT2D eigenvalue weighted by atomic mass is 35.5. The molecule has 1 aliphatic rings. The van der Waals surface area contributed by atoms with Crippen LogP contribution in [-0.2, 0) is 11.3 Å². The van der Waals surface area contributed by atoms with Crippen LogP contribution in [0.1, 0.15) is 18.4 Å². The molecule has 2 heterocycles. The maximum absolute atomic E-state index is 13.0. The quantitative estimate of drug-likeness (QED) is 0.555. The highest BCUT2D eigenvalue weighted by Crippen LogP contribution is 2.25. The summed E-state index contributed by atoms with van der Waals surface area (Å²) in [5, 5.41) is 8.10. The Hall–Kier alpha value is -3.52. The number of methoxy groups -OCH3 is 2. The summed E-state index contributed by atoms with van der Waals surface area (Å²) >= 11 is 6.09. The molecular formula is C25H27ClN4O4. The monoisotopic (exact) mass is 482 g/mol. The summed E-state index contributed by atoms with van der Waals surface area (Å²) in [6, 6.07) is 15.7. The number of piperidine rings is 1. The lowest BCUT2D eigenvalue weighted by Gasteiger charge is -2.33. The second-order valence-electron chi connectivity index (χ2n) is 8.10. The maximum Gasteiger partial charge on any atom is 0.271 e. The van der Waals surface area contributed by atoms with Gasteiger partial charge >= 0.3 is 0 Å². The van der Waals surface area contributed by atoms with E-state index in [1.54, 1.807) is 50.6 Å². The Morgan fingerprint density at radius 1 is 1.15 bits per heavy atom. The molecule has 2 aromatic carbocycles. The second kappa shape index (κ2) is 10.6. The van der Waals surface area contributed by atoms with Crippen molar-refractivity contribution in [1.29, 1.82) is 0 Å². The van der Waals surface area contributed by atoms with Crippen molar-refractivity contribution in [2.75, 3.05) is 32.2 Å². The van der Waals surface area contributed by atoms with Crippen LogP contribution in [-0.4, -0.2) is 43.0 Å². The van der Waals surface area contributed by atoms with Crippen molar-refractivity contribution in [3.05, 3.63) is 75.5 Å². The average molecular weight is 483 g/mol. The molecule has 9 heteroatoms. The summed E-state index contributed by atoms with van der Waals surface area (Å²) in [5.74, 6) is 1.80. The van der Waals surface area contributed by atoms with Gasteiger partial charge in [-0.3, -0.25) is 9.59 Å². The number of hydrogen-bond acceptors (Lipinski definition) is 6. The van der Waals surface area contributed by atoms with Crippen molar-refractivity contribution in [2.24, 2.45) is 5.92 Å². The second-order valence-corrected chi connectivity index (χ2v) is 8.54. The minimum atomic E-state index is -0.245. The Morgan fingerprint density at radius 2 is 2.00 bits per heavy atom. The fourth-order valence-corrected chi connectivity index (χ4v) is 4.27. The van der Waals surface area contributed by atoms with Crippen molar-refractivity contribution in [3.8, 4) is 17.2 Å². The molecule has 34 heavy (non-hydrogen) atoms. The van der Waals surface area contributed by atoms with Crippen molar-refractivity contribution in [1.82, 2.24) is 15.1 Å². The van der Waals surface area contributed by atoms with E-state index in [9.17, 15) is 9.59 Å². The van der Waals surface area contributed by atoms with Crippen LogP contribution >= 0.6 is 11.6 Å². The predicted molar refractivity (Wildman–Crippen MR) is 131 cm³/mol. The molecule has 1 N–H and O–H groups in total. The molecule has 3 aromatic rings. The van der Waals surface area contributed by atoms with E-state index >= 15 is 0 Å². The molecule has 0 unspecified atom stereocenters. The van der Waals surface area contributed by atoms with Crippen molar-refractivity contribution >= 4 is 23.3 Å². The van der Waals surface area contributed by atoms with Crippen LogP contribution in [0.25, 0.3) is 5.69 Å². The zero-order chi connectivity index (χ0) is 24.1. The van der Waals surface area contributed by atoms with E-state index in [1.165, 1.54) is 10.7 Å². The van der Waals surface area contributed by atoms with Gasteiger partial charge in [0, 0.05) is 42.4 Å². The molecular weight excluding hydrogens is 456 g/mol. The number of halogens is 1. The number of carbonyl (C=O) groups excluding carboxylic acids is 1. The summed E-state index contributed by atoms with van der Waals surface area (Å²) in [5.41, 5.74) is 1.23. The van der Waals surface area contributed by atoms with Crippen molar-refractivity contribution < 1.29 is 14.3 Å². The first-order valence-electron chi connectivity index (χ1n) is 11.1. The van der Waals surface area contributed by atoms with Crippen molar-refractivity contribution in [2.45, 2.75) is 19.4 Å². The molecule has 1 aromatic heterocycles. The Kier molecular flexibility index (Phi) is 7.37. The zero-order valence-electron chi connectivity index (χ0n) is 19.2. The molecule has 4 rings (SSSR count). The molecule has 0 spiro atoms. The lowest BCUT2D eigenvalue weighted by molar-refractivity contribution is -0.125. The topological polar surface area (TPSA) is 85.7 Å². The van der Waals surface area contributed by atoms with Crippen LogP contribution in [0.4, 0.5) is 5.82 Å². The van der Waals surface area contributed by atoms with Gasteiger partial charge in [-0.25, -0.2) is 0 Å². The van der Waals surface area contributed by atoms with Crippen molar-refractivity contribution in [3.63, 3.8) is 0 Å². The summed E-state index contributed by atoms with van der Waals surface area (Å²) < 4.78 is 12.0. The van der Waals surface area contributed by atoms with E-state index < -0.39 is 0 Å². The molecule has 0 aliphatic carbocycles. The summed E-state index contributed by atoms with van der Waals surface area (Å²) in [7, 11) is 3.19. The summed E-state index contributed by atoms with van der Waals surface area (Å²) in [6.45, 7) is 1.64. The van der Waals surface area contributed by atoms with Gasteiger partial charge in [-0.1, -0.05) is 17.7 Å². The number of hydrogen-bond donors (Lipinski definition) is 1. The number of nitrogens with one attached hydrogen (secondary N) is 1. The highest BCUT2D eigenvalue weighted by molar-refractivity contribution is 6.30. The molecule has 0 bridgehead atoms. The Labute approximate surface area is 203 Å². The van der Waals surface area contributed by atoms with Gasteiger partial charge in [0.2, 0.25) is 5.91 Å². The Morgan fingerprint density at radius 3 is 2.76 bits per heavy atom. The van der Waals surface area contributed by atoms with E-state index in [4.69, 9.17) is 21.1 Å². The third kappa shape index (κ3) is 5.34. The third-order valence-electron chi connectivity index (χ3n) is 5.90. The molecule has 1 fully saturated rings. The van der Waals surface area contributed by atoms with Gasteiger partial charge < -0.3 is 19.7 Å². The first kappa shape index (κ1) is 23.6. The van der Waals surface area contributed by atoms with Gasteiger partial charge in [-0.2, -0.15) is 4.68 Å². The van der Waals surface area contributed by atoms with Crippen LogP contribution in [0.5, 0.6) is 11.5 Å². The van der Waals surface area contributed by atoms with Gasteiger partial charge in [0.05, 0.1) is 25.8 Å². The van der Waals surface area contributed by atoms with Gasteiger partial charge in [0.1, 0.15) is 17.3 Å². The lowest BCUT2D eigenvalue weighted by Crippen LogP contribution is -2.43. The van der Waals surface area contributed by atoms with Crippen LogP contribution in [0.3, 0.4) is 0 Å². The van der Waals surface area contributed by atoms with Gasteiger partial charge in [0.25, 0.3) is 5.56 Å². The first-order chi connectivity index (χ1) is 16.5. The zero-order valence-corrected chi connectivity index (χ0v) is 19.9. The Balaban J connectivity index is 1.45. The molecule has 1 aliphatic heterocycles. The van der Waals surface area contributed by atoms with E-state index in [0.717, 1.165) is 24.9 Å². The fourth-order valence-electron chi connectivity index (χ4n) is 4.09.